The topological polar surface area (TPSA) is 78.4 Å². The van der Waals surface area contributed by atoms with E-state index in [1.807, 2.05) is 0 Å². The fourth-order valence-electron chi connectivity index (χ4n) is 1.20. The van der Waals surface area contributed by atoms with Crippen molar-refractivity contribution in [2.45, 2.75) is 19.9 Å². The predicted molar refractivity (Wildman–Crippen MR) is 68.1 cm³/mol. The highest BCUT2D eigenvalue weighted by Crippen LogP contribution is 2.23. The van der Waals surface area contributed by atoms with Crippen LogP contribution < -0.4 is 10.6 Å². The summed E-state index contributed by atoms with van der Waals surface area (Å²) in [5.74, 6) is -1.66. The largest absolute Gasteiger partial charge is 0.480 e. The van der Waals surface area contributed by atoms with Crippen LogP contribution in [0.4, 0.5) is 14.9 Å². The van der Waals surface area contributed by atoms with Gasteiger partial charge in [0.15, 0.2) is 0 Å². The van der Waals surface area contributed by atoms with E-state index in [2.05, 4.69) is 26.6 Å². The maximum absolute atomic E-state index is 13.3. The van der Waals surface area contributed by atoms with Crippen LogP contribution in [0.3, 0.4) is 0 Å². The summed E-state index contributed by atoms with van der Waals surface area (Å²) < 4.78 is 13.6. The van der Waals surface area contributed by atoms with Crippen LogP contribution in [0.2, 0.25) is 0 Å². The first-order chi connectivity index (χ1) is 8.31. The van der Waals surface area contributed by atoms with Crippen molar-refractivity contribution in [2.75, 3.05) is 5.32 Å². The van der Waals surface area contributed by atoms with Gasteiger partial charge in [0.1, 0.15) is 11.9 Å². The molecule has 0 heterocycles. The molecule has 1 rings (SSSR count). The van der Waals surface area contributed by atoms with Gasteiger partial charge in [0.25, 0.3) is 0 Å². The predicted octanol–water partition coefficient (Wildman–Crippen LogP) is 2.49. The number of benzene rings is 1. The lowest BCUT2D eigenvalue weighted by Gasteiger charge is -2.12. The highest BCUT2D eigenvalue weighted by molar-refractivity contribution is 9.10. The summed E-state index contributed by atoms with van der Waals surface area (Å²) in [5, 5.41) is 13.2. The number of amides is 2. The molecule has 0 saturated heterocycles. The summed E-state index contributed by atoms with van der Waals surface area (Å²) in [7, 11) is 0. The first-order valence-electron chi connectivity index (χ1n) is 5.07. The van der Waals surface area contributed by atoms with Gasteiger partial charge in [-0.05, 0) is 47.5 Å². The number of halogens is 2. The highest BCUT2D eigenvalue weighted by atomic mass is 79.9. The molecule has 7 heteroatoms. The molecule has 1 atom stereocenters. The van der Waals surface area contributed by atoms with Crippen LogP contribution in [-0.4, -0.2) is 23.1 Å². The Hall–Kier alpha value is -1.63. The van der Waals surface area contributed by atoms with E-state index in [1.165, 1.54) is 13.0 Å². The van der Waals surface area contributed by atoms with E-state index < -0.39 is 23.9 Å². The van der Waals surface area contributed by atoms with E-state index in [0.717, 1.165) is 6.07 Å². The minimum absolute atomic E-state index is 0.283. The number of carboxylic acid groups (broad SMARTS) is 1. The van der Waals surface area contributed by atoms with Gasteiger partial charge in [-0.3, -0.25) is 4.79 Å². The molecule has 0 spiro atoms. The number of nitrogens with one attached hydrogen (secondary N) is 2. The zero-order chi connectivity index (χ0) is 13.9. The number of anilines is 1. The quantitative estimate of drug-likeness (QED) is 0.801. The van der Waals surface area contributed by atoms with Gasteiger partial charge < -0.3 is 15.7 Å². The monoisotopic (exact) mass is 318 g/mol. The number of carboxylic acids is 1. The lowest BCUT2D eigenvalue weighted by molar-refractivity contribution is -0.138. The molecular weight excluding hydrogens is 307 g/mol. The first kappa shape index (κ1) is 14.4. The normalized spacial score (nSPS) is 11.8. The van der Waals surface area contributed by atoms with E-state index in [4.69, 9.17) is 5.11 Å². The second-order valence-electron chi connectivity index (χ2n) is 3.74. The molecule has 18 heavy (non-hydrogen) atoms. The summed E-state index contributed by atoms with van der Waals surface area (Å²) in [6, 6.07) is 0.955. The summed E-state index contributed by atoms with van der Waals surface area (Å²) in [6.45, 7) is 3.03. The molecule has 0 aliphatic carbocycles. The molecule has 1 aromatic carbocycles. The molecule has 2 amide bonds. The molecule has 1 aromatic rings. The molecule has 0 fully saturated rings. The zero-order valence-electron chi connectivity index (χ0n) is 9.75. The third-order valence-electron chi connectivity index (χ3n) is 2.23. The number of rotatable bonds is 3. The lowest BCUT2D eigenvalue weighted by atomic mass is 10.2. The molecule has 1 unspecified atom stereocenters. The Morgan fingerprint density at radius 3 is 2.61 bits per heavy atom. The Kier molecular flexibility index (Phi) is 4.66. The Balaban J connectivity index is 2.76. The van der Waals surface area contributed by atoms with Crippen molar-refractivity contribution in [3.05, 3.63) is 28.0 Å². The van der Waals surface area contributed by atoms with Crippen molar-refractivity contribution in [1.82, 2.24) is 5.32 Å². The molecular formula is C11H12BrFN2O3. The van der Waals surface area contributed by atoms with Crippen molar-refractivity contribution in [3.8, 4) is 0 Å². The average Bonchev–Trinajstić information content (AvgIpc) is 2.25. The van der Waals surface area contributed by atoms with Crippen LogP contribution in [-0.2, 0) is 4.79 Å². The zero-order valence-corrected chi connectivity index (χ0v) is 11.3. The molecule has 5 nitrogen and oxygen atoms in total. The number of aliphatic carboxylic acids is 1. The third kappa shape index (κ3) is 3.69. The maximum atomic E-state index is 13.3. The van der Waals surface area contributed by atoms with Gasteiger partial charge in [0.2, 0.25) is 0 Å². The van der Waals surface area contributed by atoms with E-state index >= 15 is 0 Å². The molecule has 0 aromatic heterocycles. The van der Waals surface area contributed by atoms with Gasteiger partial charge in [-0.2, -0.15) is 0 Å². The number of hydrogen-bond acceptors (Lipinski definition) is 2. The standard InChI is InChI=1S/C11H12BrFN2O3/c1-5-3-7(12)8(13)4-9(5)15-11(18)14-6(2)10(16)17/h3-4,6H,1-2H3,(H,16,17)(H2,14,15,18). The molecule has 0 radical (unpaired) electrons. The van der Waals surface area contributed by atoms with Gasteiger partial charge >= 0.3 is 12.0 Å². The Bertz CT molecular complexity index is 493. The minimum Gasteiger partial charge on any atom is -0.480 e. The number of urea groups is 1. The molecule has 0 bridgehead atoms. The Labute approximate surface area is 112 Å². The third-order valence-corrected chi connectivity index (χ3v) is 2.84. The van der Waals surface area contributed by atoms with Crippen LogP contribution in [0.1, 0.15) is 12.5 Å². The van der Waals surface area contributed by atoms with Crippen LogP contribution in [0.15, 0.2) is 16.6 Å². The van der Waals surface area contributed by atoms with E-state index in [9.17, 15) is 14.0 Å². The van der Waals surface area contributed by atoms with Gasteiger partial charge in [-0.1, -0.05) is 0 Å². The van der Waals surface area contributed by atoms with Crippen molar-refractivity contribution >= 4 is 33.6 Å². The minimum atomic E-state index is -1.15. The summed E-state index contributed by atoms with van der Waals surface area (Å²) in [4.78, 5) is 22.0. The van der Waals surface area contributed by atoms with Gasteiger partial charge in [0, 0.05) is 5.69 Å². The SMILES string of the molecule is Cc1cc(Br)c(F)cc1NC(=O)NC(C)C(=O)O. The second-order valence-corrected chi connectivity index (χ2v) is 4.59. The fourth-order valence-corrected chi connectivity index (χ4v) is 1.66. The van der Waals surface area contributed by atoms with Crippen LogP contribution in [0.25, 0.3) is 0 Å². The number of aryl methyl sites for hydroxylation is 1. The van der Waals surface area contributed by atoms with E-state index in [0.29, 0.717) is 10.0 Å². The molecule has 0 saturated carbocycles. The second kappa shape index (κ2) is 5.81. The molecule has 3 N–H and O–H groups in total. The molecule has 0 aliphatic rings. The van der Waals surface area contributed by atoms with Gasteiger partial charge in [0.05, 0.1) is 4.47 Å². The Morgan fingerprint density at radius 2 is 2.06 bits per heavy atom. The van der Waals surface area contributed by atoms with Crippen molar-refractivity contribution < 1.29 is 19.1 Å². The first-order valence-corrected chi connectivity index (χ1v) is 5.86. The van der Waals surface area contributed by atoms with E-state index in [-0.39, 0.29) is 5.69 Å². The summed E-state index contributed by atoms with van der Waals surface area (Å²) in [6.07, 6.45) is 0. The number of carbonyl (C=O) groups excluding carboxylic acids is 1. The molecule has 0 aliphatic heterocycles. The summed E-state index contributed by atoms with van der Waals surface area (Å²) in [5.41, 5.74) is 0.937. The molecule has 98 valence electrons. The van der Waals surface area contributed by atoms with Gasteiger partial charge in [-0.15, -0.1) is 0 Å². The van der Waals surface area contributed by atoms with Crippen molar-refractivity contribution in [3.63, 3.8) is 0 Å². The van der Waals surface area contributed by atoms with Crippen molar-refractivity contribution in [1.29, 1.82) is 0 Å². The number of hydrogen-bond donors (Lipinski definition) is 3. The lowest BCUT2D eigenvalue weighted by Crippen LogP contribution is -2.40. The number of carbonyl (C=O) groups is 2. The highest BCUT2D eigenvalue weighted by Gasteiger charge is 2.15. The Morgan fingerprint density at radius 1 is 1.44 bits per heavy atom. The van der Waals surface area contributed by atoms with Crippen LogP contribution >= 0.6 is 15.9 Å². The van der Waals surface area contributed by atoms with Crippen LogP contribution in [0.5, 0.6) is 0 Å². The maximum Gasteiger partial charge on any atom is 0.325 e. The van der Waals surface area contributed by atoms with Crippen LogP contribution in [0, 0.1) is 12.7 Å². The smallest absolute Gasteiger partial charge is 0.325 e. The van der Waals surface area contributed by atoms with E-state index in [1.54, 1.807) is 6.92 Å². The average molecular weight is 319 g/mol. The summed E-state index contributed by atoms with van der Waals surface area (Å²) >= 11 is 3.02. The van der Waals surface area contributed by atoms with Gasteiger partial charge in [-0.25, -0.2) is 9.18 Å². The van der Waals surface area contributed by atoms with Crippen molar-refractivity contribution in [2.24, 2.45) is 0 Å². The fraction of sp³-hybridized carbons (Fsp3) is 0.273.